The molecule has 0 aromatic carbocycles. The molecule has 0 fully saturated rings. The molecule has 0 rings (SSSR count). The van der Waals surface area contributed by atoms with Gasteiger partial charge in [0, 0.05) is 10.8 Å². The first-order valence-electron chi connectivity index (χ1n) is 4.77. The number of hydrogen-bond acceptors (Lipinski definition) is 4. The lowest BCUT2D eigenvalue weighted by Gasteiger charge is -2.38. The third-order valence-corrected chi connectivity index (χ3v) is 2.72. The van der Waals surface area contributed by atoms with Crippen LogP contribution in [0.25, 0.3) is 0 Å². The van der Waals surface area contributed by atoms with Gasteiger partial charge in [0.2, 0.25) is 0 Å². The molecule has 0 aliphatic rings. The van der Waals surface area contributed by atoms with Crippen molar-refractivity contribution in [1.82, 2.24) is 0 Å². The standard InChI is InChI=1S/C10H22O4/c1-9(2,5-11)7(13)8(14)10(3,4)6-12/h7-8,11-14H,5-6H2,1-4H3. The Balaban J connectivity index is 4.62. The van der Waals surface area contributed by atoms with Crippen LogP contribution in [0.15, 0.2) is 0 Å². The minimum atomic E-state index is -1.06. The van der Waals surface area contributed by atoms with Crippen LogP contribution >= 0.6 is 0 Å². The molecule has 2 atom stereocenters. The average Bonchev–Trinajstić information content (AvgIpc) is 2.15. The van der Waals surface area contributed by atoms with Gasteiger partial charge in [-0.2, -0.15) is 0 Å². The lowest BCUT2D eigenvalue weighted by Crippen LogP contribution is -2.49. The number of aliphatic hydroxyl groups excluding tert-OH is 4. The van der Waals surface area contributed by atoms with E-state index in [1.54, 1.807) is 27.7 Å². The van der Waals surface area contributed by atoms with Crippen molar-refractivity contribution < 1.29 is 20.4 Å². The van der Waals surface area contributed by atoms with E-state index in [0.29, 0.717) is 0 Å². The summed E-state index contributed by atoms with van der Waals surface area (Å²) in [6.45, 7) is 6.21. The number of aliphatic hydroxyl groups is 4. The third kappa shape index (κ3) is 2.92. The van der Waals surface area contributed by atoms with Crippen molar-refractivity contribution in [1.29, 1.82) is 0 Å². The minimum Gasteiger partial charge on any atom is -0.396 e. The minimum absolute atomic E-state index is 0.216. The second-order valence-electron chi connectivity index (χ2n) is 5.18. The van der Waals surface area contributed by atoms with Crippen LogP contribution in [0.1, 0.15) is 27.7 Å². The SMILES string of the molecule is CC(C)(CO)C(O)C(O)C(C)(C)CO. The zero-order valence-electron chi connectivity index (χ0n) is 9.36. The summed E-state index contributed by atoms with van der Waals surface area (Å²) in [5.41, 5.74) is -1.54. The van der Waals surface area contributed by atoms with E-state index in [9.17, 15) is 10.2 Å². The lowest BCUT2D eigenvalue weighted by atomic mass is 9.75. The zero-order chi connectivity index (χ0) is 11.6. The summed E-state index contributed by atoms with van der Waals surface area (Å²) < 4.78 is 0. The first-order chi connectivity index (χ1) is 6.19. The van der Waals surface area contributed by atoms with Gasteiger partial charge in [0.05, 0.1) is 25.4 Å². The van der Waals surface area contributed by atoms with Crippen molar-refractivity contribution in [2.45, 2.75) is 39.9 Å². The zero-order valence-corrected chi connectivity index (χ0v) is 9.36. The molecule has 2 unspecified atom stereocenters. The van der Waals surface area contributed by atoms with Gasteiger partial charge < -0.3 is 20.4 Å². The molecule has 0 heterocycles. The molecule has 0 aliphatic heterocycles. The molecule has 0 aromatic heterocycles. The van der Waals surface area contributed by atoms with Crippen LogP contribution in [0.2, 0.25) is 0 Å². The van der Waals surface area contributed by atoms with E-state index < -0.39 is 23.0 Å². The summed E-state index contributed by atoms with van der Waals surface area (Å²) >= 11 is 0. The highest BCUT2D eigenvalue weighted by atomic mass is 16.3. The highest BCUT2D eigenvalue weighted by Gasteiger charge is 2.40. The third-order valence-electron chi connectivity index (χ3n) is 2.72. The molecule has 4 N–H and O–H groups in total. The van der Waals surface area contributed by atoms with Crippen molar-refractivity contribution in [3.05, 3.63) is 0 Å². The molecule has 0 radical (unpaired) electrons. The van der Waals surface area contributed by atoms with E-state index in [1.165, 1.54) is 0 Å². The van der Waals surface area contributed by atoms with Gasteiger partial charge in [-0.1, -0.05) is 27.7 Å². The van der Waals surface area contributed by atoms with Crippen LogP contribution in [0.3, 0.4) is 0 Å². The summed E-state index contributed by atoms with van der Waals surface area (Å²) in [5, 5.41) is 37.6. The topological polar surface area (TPSA) is 80.9 Å². The molecular weight excluding hydrogens is 184 g/mol. The van der Waals surface area contributed by atoms with Crippen molar-refractivity contribution >= 4 is 0 Å². The molecular formula is C10H22O4. The Kier molecular flexibility index (Phi) is 4.52. The van der Waals surface area contributed by atoms with E-state index in [2.05, 4.69) is 0 Å². The van der Waals surface area contributed by atoms with Gasteiger partial charge in [-0.25, -0.2) is 0 Å². The van der Waals surface area contributed by atoms with Gasteiger partial charge in [0.25, 0.3) is 0 Å². The Morgan fingerprint density at radius 2 is 1.00 bits per heavy atom. The van der Waals surface area contributed by atoms with Gasteiger partial charge in [-0.3, -0.25) is 0 Å². The predicted molar refractivity (Wildman–Crippen MR) is 53.7 cm³/mol. The van der Waals surface area contributed by atoms with Crippen molar-refractivity contribution in [2.75, 3.05) is 13.2 Å². The van der Waals surface area contributed by atoms with Crippen molar-refractivity contribution in [3.8, 4) is 0 Å². The van der Waals surface area contributed by atoms with Crippen LogP contribution in [-0.2, 0) is 0 Å². The highest BCUT2D eigenvalue weighted by Crippen LogP contribution is 2.31. The molecule has 0 amide bonds. The first-order valence-corrected chi connectivity index (χ1v) is 4.77. The average molecular weight is 206 g/mol. The molecule has 86 valence electrons. The normalized spacial score (nSPS) is 18.0. The van der Waals surface area contributed by atoms with Crippen LogP contribution in [-0.4, -0.2) is 45.8 Å². The molecule has 0 saturated heterocycles. The Morgan fingerprint density at radius 3 is 1.14 bits per heavy atom. The maximum atomic E-state index is 9.79. The Labute approximate surface area is 85.2 Å². The van der Waals surface area contributed by atoms with Gasteiger partial charge >= 0.3 is 0 Å². The van der Waals surface area contributed by atoms with E-state index in [1.807, 2.05) is 0 Å². The quantitative estimate of drug-likeness (QED) is 0.500. The maximum Gasteiger partial charge on any atom is 0.0877 e. The molecule has 14 heavy (non-hydrogen) atoms. The molecule has 0 aliphatic carbocycles. The molecule has 0 saturated carbocycles. The van der Waals surface area contributed by atoms with Crippen LogP contribution in [0.4, 0.5) is 0 Å². The Bertz CT molecular complexity index is 157. The van der Waals surface area contributed by atoms with Crippen LogP contribution in [0, 0.1) is 10.8 Å². The van der Waals surface area contributed by atoms with Crippen molar-refractivity contribution in [3.63, 3.8) is 0 Å². The largest absolute Gasteiger partial charge is 0.396 e. The number of hydrogen-bond donors (Lipinski definition) is 4. The summed E-state index contributed by atoms with van der Waals surface area (Å²) in [6, 6.07) is 0. The van der Waals surface area contributed by atoms with Crippen LogP contribution in [0.5, 0.6) is 0 Å². The first kappa shape index (κ1) is 13.8. The van der Waals surface area contributed by atoms with Crippen LogP contribution < -0.4 is 0 Å². The second-order valence-corrected chi connectivity index (χ2v) is 5.18. The smallest absolute Gasteiger partial charge is 0.0877 e. The summed E-state index contributed by atoms with van der Waals surface area (Å²) in [7, 11) is 0. The number of rotatable bonds is 5. The van der Waals surface area contributed by atoms with Gasteiger partial charge in [-0.05, 0) is 0 Å². The highest BCUT2D eigenvalue weighted by molar-refractivity contribution is 4.90. The summed E-state index contributed by atoms with van der Waals surface area (Å²) in [5.74, 6) is 0. The summed E-state index contributed by atoms with van der Waals surface area (Å²) in [4.78, 5) is 0. The fourth-order valence-electron chi connectivity index (χ4n) is 1.04. The fraction of sp³-hybridized carbons (Fsp3) is 1.00. The molecule has 0 aromatic rings. The molecule has 4 heteroatoms. The maximum absolute atomic E-state index is 9.79. The lowest BCUT2D eigenvalue weighted by molar-refractivity contribution is -0.124. The van der Waals surface area contributed by atoms with Gasteiger partial charge in [0.1, 0.15) is 0 Å². The Hall–Kier alpha value is -0.160. The van der Waals surface area contributed by atoms with Gasteiger partial charge in [0.15, 0.2) is 0 Å². The van der Waals surface area contributed by atoms with E-state index in [-0.39, 0.29) is 13.2 Å². The van der Waals surface area contributed by atoms with E-state index in [4.69, 9.17) is 10.2 Å². The monoisotopic (exact) mass is 206 g/mol. The summed E-state index contributed by atoms with van der Waals surface area (Å²) in [6.07, 6.45) is -2.12. The van der Waals surface area contributed by atoms with E-state index >= 15 is 0 Å². The molecule has 0 spiro atoms. The van der Waals surface area contributed by atoms with E-state index in [0.717, 1.165) is 0 Å². The second kappa shape index (κ2) is 4.57. The molecule has 4 nitrogen and oxygen atoms in total. The Morgan fingerprint density at radius 1 is 0.786 bits per heavy atom. The van der Waals surface area contributed by atoms with Crippen molar-refractivity contribution in [2.24, 2.45) is 10.8 Å². The van der Waals surface area contributed by atoms with Gasteiger partial charge in [-0.15, -0.1) is 0 Å². The predicted octanol–water partition coefficient (Wildman–Crippen LogP) is -0.255. The molecule has 0 bridgehead atoms. The fourth-order valence-corrected chi connectivity index (χ4v) is 1.04.